The zero-order valence-electron chi connectivity index (χ0n) is 13.4. The van der Waals surface area contributed by atoms with Gasteiger partial charge in [-0.15, -0.1) is 22.7 Å². The first-order chi connectivity index (χ1) is 12.2. The van der Waals surface area contributed by atoms with Crippen molar-refractivity contribution in [2.45, 2.75) is 0 Å². The fourth-order valence-corrected chi connectivity index (χ4v) is 4.76. The molecule has 0 N–H and O–H groups in total. The van der Waals surface area contributed by atoms with Crippen molar-refractivity contribution < 1.29 is 4.79 Å². The van der Waals surface area contributed by atoms with Gasteiger partial charge in [-0.3, -0.25) is 4.79 Å². The van der Waals surface area contributed by atoms with Crippen molar-refractivity contribution >= 4 is 45.9 Å². The predicted octanol–water partition coefficient (Wildman–Crippen LogP) is 4.49. The highest BCUT2D eigenvalue weighted by Gasteiger charge is 2.24. The lowest BCUT2D eigenvalue weighted by Gasteiger charge is -2.36. The van der Waals surface area contributed by atoms with Crippen molar-refractivity contribution in [2.24, 2.45) is 0 Å². The van der Waals surface area contributed by atoms with Crippen LogP contribution in [0, 0.1) is 0 Å². The lowest BCUT2D eigenvalue weighted by atomic mass is 10.2. The molecular weight excluding hydrogens is 374 g/mol. The number of carbonyl (C=O) groups is 1. The summed E-state index contributed by atoms with van der Waals surface area (Å²) in [5, 5.41) is 3.67. The zero-order chi connectivity index (χ0) is 17.2. The topological polar surface area (TPSA) is 36.4 Å². The van der Waals surface area contributed by atoms with E-state index in [1.54, 1.807) is 17.5 Å². The highest BCUT2D eigenvalue weighted by Crippen LogP contribution is 2.29. The number of rotatable bonds is 3. The largest absolute Gasteiger partial charge is 0.368 e. The third-order valence-electron chi connectivity index (χ3n) is 4.19. The number of anilines is 1. The molecule has 1 saturated heterocycles. The van der Waals surface area contributed by atoms with E-state index >= 15 is 0 Å². The van der Waals surface area contributed by atoms with Gasteiger partial charge in [-0.25, -0.2) is 4.98 Å². The van der Waals surface area contributed by atoms with E-state index in [-0.39, 0.29) is 5.91 Å². The first-order valence-corrected chi connectivity index (χ1v) is 10.1. The SMILES string of the molecule is O=C(c1cnc(-c2cccs2)s1)N1CCN(c2cccc(Cl)c2)CC1. The van der Waals surface area contributed by atoms with Crippen molar-refractivity contribution in [3.8, 4) is 9.88 Å². The van der Waals surface area contributed by atoms with Gasteiger partial charge in [0.15, 0.2) is 0 Å². The maximum Gasteiger partial charge on any atom is 0.265 e. The van der Waals surface area contributed by atoms with Gasteiger partial charge >= 0.3 is 0 Å². The number of piperazine rings is 1. The molecule has 3 aromatic rings. The lowest BCUT2D eigenvalue weighted by Crippen LogP contribution is -2.48. The summed E-state index contributed by atoms with van der Waals surface area (Å²) in [4.78, 5) is 23.1. The highest BCUT2D eigenvalue weighted by atomic mass is 35.5. The van der Waals surface area contributed by atoms with Crippen LogP contribution in [0.3, 0.4) is 0 Å². The molecule has 1 fully saturated rings. The van der Waals surface area contributed by atoms with E-state index in [0.717, 1.165) is 33.7 Å². The first-order valence-electron chi connectivity index (χ1n) is 8.00. The number of hydrogen-bond acceptors (Lipinski definition) is 5. The first kappa shape index (κ1) is 16.6. The van der Waals surface area contributed by atoms with Crippen molar-refractivity contribution in [1.29, 1.82) is 0 Å². The van der Waals surface area contributed by atoms with Crippen LogP contribution in [0.25, 0.3) is 9.88 Å². The Morgan fingerprint density at radius 3 is 2.68 bits per heavy atom. The molecule has 2 aromatic heterocycles. The average Bonchev–Trinajstić information content (AvgIpc) is 3.32. The van der Waals surface area contributed by atoms with Crippen LogP contribution in [0.15, 0.2) is 48.0 Å². The molecule has 0 atom stereocenters. The maximum absolute atomic E-state index is 12.7. The molecule has 4 nitrogen and oxygen atoms in total. The summed E-state index contributed by atoms with van der Waals surface area (Å²) in [6.07, 6.45) is 1.70. The van der Waals surface area contributed by atoms with Crippen molar-refractivity contribution in [3.63, 3.8) is 0 Å². The second-order valence-electron chi connectivity index (χ2n) is 5.77. The quantitative estimate of drug-likeness (QED) is 0.662. The van der Waals surface area contributed by atoms with Gasteiger partial charge in [0.25, 0.3) is 5.91 Å². The Balaban J connectivity index is 1.41. The molecule has 128 valence electrons. The van der Waals surface area contributed by atoms with E-state index in [1.165, 1.54) is 11.3 Å². The van der Waals surface area contributed by atoms with Crippen LogP contribution < -0.4 is 4.90 Å². The number of nitrogens with zero attached hydrogens (tertiary/aromatic N) is 3. The Morgan fingerprint density at radius 1 is 1.12 bits per heavy atom. The minimum absolute atomic E-state index is 0.0750. The molecule has 1 amide bonds. The summed E-state index contributed by atoms with van der Waals surface area (Å²) in [5.74, 6) is 0.0750. The van der Waals surface area contributed by atoms with E-state index < -0.39 is 0 Å². The summed E-state index contributed by atoms with van der Waals surface area (Å²) in [7, 11) is 0. The van der Waals surface area contributed by atoms with Gasteiger partial charge in [-0.05, 0) is 29.6 Å². The van der Waals surface area contributed by atoms with Gasteiger partial charge < -0.3 is 9.80 Å². The van der Waals surface area contributed by atoms with Crippen LogP contribution in [-0.4, -0.2) is 42.0 Å². The number of thiazole rings is 1. The van der Waals surface area contributed by atoms with E-state index in [0.29, 0.717) is 18.0 Å². The molecule has 7 heteroatoms. The number of benzene rings is 1. The summed E-state index contributed by atoms with van der Waals surface area (Å²) in [6.45, 7) is 3.03. The number of thiophene rings is 1. The summed E-state index contributed by atoms with van der Waals surface area (Å²) in [5.41, 5.74) is 1.11. The fourth-order valence-electron chi connectivity index (χ4n) is 2.88. The Labute approximate surface area is 159 Å². The van der Waals surface area contributed by atoms with E-state index in [1.807, 2.05) is 40.6 Å². The van der Waals surface area contributed by atoms with Crippen LogP contribution in [-0.2, 0) is 0 Å². The molecule has 0 saturated carbocycles. The number of carbonyl (C=O) groups excluding carboxylic acids is 1. The van der Waals surface area contributed by atoms with E-state index in [9.17, 15) is 4.79 Å². The third kappa shape index (κ3) is 3.56. The summed E-state index contributed by atoms with van der Waals surface area (Å²) < 4.78 is 0. The van der Waals surface area contributed by atoms with Gasteiger partial charge in [-0.2, -0.15) is 0 Å². The normalized spacial score (nSPS) is 14.8. The summed E-state index contributed by atoms with van der Waals surface area (Å²) in [6, 6.07) is 11.9. The fraction of sp³-hybridized carbons (Fsp3) is 0.222. The van der Waals surface area contributed by atoms with Crippen molar-refractivity contribution in [3.05, 3.63) is 57.9 Å². The summed E-state index contributed by atoms with van der Waals surface area (Å²) >= 11 is 9.18. The zero-order valence-corrected chi connectivity index (χ0v) is 15.8. The molecule has 1 aliphatic heterocycles. The molecule has 1 aliphatic rings. The van der Waals surface area contributed by atoms with Crippen LogP contribution in [0.4, 0.5) is 5.69 Å². The Morgan fingerprint density at radius 2 is 1.96 bits per heavy atom. The molecular formula is C18H16ClN3OS2. The average molecular weight is 390 g/mol. The molecule has 0 spiro atoms. The molecule has 25 heavy (non-hydrogen) atoms. The van der Waals surface area contributed by atoms with Gasteiger partial charge in [0.05, 0.1) is 11.1 Å². The second kappa shape index (κ2) is 7.15. The van der Waals surface area contributed by atoms with Gasteiger partial charge in [-0.1, -0.05) is 23.7 Å². The molecule has 0 unspecified atom stereocenters. The minimum Gasteiger partial charge on any atom is -0.368 e. The molecule has 0 bridgehead atoms. The monoisotopic (exact) mass is 389 g/mol. The molecule has 1 aromatic carbocycles. The van der Waals surface area contributed by atoms with Crippen LogP contribution in [0.5, 0.6) is 0 Å². The Kier molecular flexibility index (Phi) is 4.74. The van der Waals surface area contributed by atoms with Gasteiger partial charge in [0, 0.05) is 36.9 Å². The molecule has 4 rings (SSSR count). The molecule has 3 heterocycles. The lowest BCUT2D eigenvalue weighted by molar-refractivity contribution is 0.0751. The third-order valence-corrected chi connectivity index (χ3v) is 6.45. The number of aromatic nitrogens is 1. The number of hydrogen-bond donors (Lipinski definition) is 0. The highest BCUT2D eigenvalue weighted by molar-refractivity contribution is 7.21. The van der Waals surface area contributed by atoms with E-state index in [4.69, 9.17) is 11.6 Å². The van der Waals surface area contributed by atoms with Gasteiger partial charge in [0.1, 0.15) is 9.88 Å². The smallest absolute Gasteiger partial charge is 0.265 e. The van der Waals surface area contributed by atoms with Gasteiger partial charge in [0.2, 0.25) is 0 Å². The van der Waals surface area contributed by atoms with Crippen LogP contribution >= 0.6 is 34.3 Å². The van der Waals surface area contributed by atoms with E-state index in [2.05, 4.69) is 16.0 Å². The number of amides is 1. The minimum atomic E-state index is 0.0750. The molecule has 0 aliphatic carbocycles. The standard InChI is InChI=1S/C18H16ClN3OS2/c19-13-3-1-4-14(11-13)21-6-8-22(9-7-21)18(23)16-12-20-17(25-16)15-5-2-10-24-15/h1-5,10-12H,6-9H2. The number of halogens is 1. The molecule has 0 radical (unpaired) electrons. The predicted molar refractivity (Wildman–Crippen MR) is 105 cm³/mol. The van der Waals surface area contributed by atoms with Crippen molar-refractivity contribution in [2.75, 3.05) is 31.1 Å². The van der Waals surface area contributed by atoms with Crippen LogP contribution in [0.1, 0.15) is 9.67 Å². The second-order valence-corrected chi connectivity index (χ2v) is 8.18. The Hall–Kier alpha value is -1.89. The van der Waals surface area contributed by atoms with Crippen molar-refractivity contribution in [1.82, 2.24) is 9.88 Å². The Bertz CT molecular complexity index is 870. The van der Waals surface area contributed by atoms with Crippen LogP contribution in [0.2, 0.25) is 5.02 Å². The maximum atomic E-state index is 12.7.